The Morgan fingerprint density at radius 3 is 2.56 bits per heavy atom. The van der Waals surface area contributed by atoms with E-state index in [1.165, 1.54) is 0 Å². The van der Waals surface area contributed by atoms with Crippen LogP contribution in [0.15, 0.2) is 30.3 Å². The number of carbonyl (C=O) groups is 1. The van der Waals surface area contributed by atoms with Crippen LogP contribution >= 0.6 is 0 Å². The highest BCUT2D eigenvalue weighted by Crippen LogP contribution is 2.45. The molecular weight excluding hydrogens is 200 g/mol. The first-order valence-electron chi connectivity index (χ1n) is 5.44. The number of amides is 1. The van der Waals surface area contributed by atoms with Gasteiger partial charge in [0.05, 0.1) is 6.07 Å². The Balaban J connectivity index is 2.07. The van der Waals surface area contributed by atoms with Crippen molar-refractivity contribution in [2.24, 2.45) is 11.3 Å². The summed E-state index contributed by atoms with van der Waals surface area (Å²) in [6, 6.07) is 11.4. The topological polar surface area (TPSA) is 52.9 Å². The zero-order valence-corrected chi connectivity index (χ0v) is 9.23. The number of nitrogens with one attached hydrogen (secondary N) is 1. The molecule has 0 saturated heterocycles. The minimum atomic E-state index is -0.796. The molecule has 3 heteroatoms. The number of nitrogens with zero attached hydrogens (tertiary/aromatic N) is 1. The molecule has 1 aromatic carbocycles. The molecule has 0 aromatic heterocycles. The van der Waals surface area contributed by atoms with Crippen molar-refractivity contribution in [3.8, 4) is 6.07 Å². The maximum absolute atomic E-state index is 12.0. The van der Waals surface area contributed by atoms with Gasteiger partial charge in [-0.3, -0.25) is 4.79 Å². The van der Waals surface area contributed by atoms with Gasteiger partial charge in [-0.05, 0) is 30.9 Å². The van der Waals surface area contributed by atoms with E-state index in [0.29, 0.717) is 18.8 Å². The summed E-state index contributed by atoms with van der Waals surface area (Å²) in [7, 11) is 0. The maximum Gasteiger partial charge on any atom is 0.244 e. The van der Waals surface area contributed by atoms with Gasteiger partial charge in [0, 0.05) is 5.69 Å². The summed E-state index contributed by atoms with van der Waals surface area (Å²) in [6.45, 7) is 2.06. The average Bonchev–Trinajstić information content (AvgIpc) is 2.25. The van der Waals surface area contributed by atoms with Gasteiger partial charge in [-0.15, -0.1) is 0 Å². The SMILES string of the molecule is CC1CC(C#N)(C(=O)Nc2ccccc2)C1. The summed E-state index contributed by atoms with van der Waals surface area (Å²) in [5.41, 5.74) is -0.0448. The highest BCUT2D eigenvalue weighted by atomic mass is 16.2. The number of rotatable bonds is 2. The summed E-state index contributed by atoms with van der Waals surface area (Å²) >= 11 is 0. The van der Waals surface area contributed by atoms with E-state index in [0.717, 1.165) is 5.69 Å². The van der Waals surface area contributed by atoms with Crippen LogP contribution in [0, 0.1) is 22.7 Å². The Morgan fingerprint density at radius 2 is 2.06 bits per heavy atom. The first-order valence-corrected chi connectivity index (χ1v) is 5.44. The lowest BCUT2D eigenvalue weighted by Crippen LogP contribution is -2.45. The molecule has 16 heavy (non-hydrogen) atoms. The smallest absolute Gasteiger partial charge is 0.244 e. The number of hydrogen-bond acceptors (Lipinski definition) is 2. The van der Waals surface area contributed by atoms with Gasteiger partial charge >= 0.3 is 0 Å². The Labute approximate surface area is 95.1 Å². The van der Waals surface area contributed by atoms with E-state index in [1.54, 1.807) is 0 Å². The van der Waals surface area contributed by atoms with Gasteiger partial charge in [0.2, 0.25) is 5.91 Å². The van der Waals surface area contributed by atoms with Crippen molar-refractivity contribution in [2.75, 3.05) is 5.32 Å². The van der Waals surface area contributed by atoms with E-state index in [4.69, 9.17) is 5.26 Å². The zero-order chi connectivity index (χ0) is 11.6. The predicted octanol–water partition coefficient (Wildman–Crippen LogP) is 2.56. The van der Waals surface area contributed by atoms with Gasteiger partial charge in [-0.1, -0.05) is 25.1 Å². The van der Waals surface area contributed by atoms with Crippen LogP contribution in [0.1, 0.15) is 19.8 Å². The van der Waals surface area contributed by atoms with Crippen molar-refractivity contribution in [1.82, 2.24) is 0 Å². The fourth-order valence-corrected chi connectivity index (χ4v) is 2.23. The van der Waals surface area contributed by atoms with Crippen LogP contribution in [0.3, 0.4) is 0 Å². The number of nitriles is 1. The first-order chi connectivity index (χ1) is 7.66. The molecule has 0 unspecified atom stereocenters. The van der Waals surface area contributed by atoms with E-state index in [9.17, 15) is 4.79 Å². The number of benzene rings is 1. The third kappa shape index (κ3) is 1.79. The van der Waals surface area contributed by atoms with Crippen LogP contribution in [0.25, 0.3) is 0 Å². The molecule has 0 heterocycles. The monoisotopic (exact) mass is 214 g/mol. The lowest BCUT2D eigenvalue weighted by atomic mass is 9.63. The van der Waals surface area contributed by atoms with Crippen molar-refractivity contribution in [1.29, 1.82) is 5.26 Å². The van der Waals surface area contributed by atoms with Gasteiger partial charge in [-0.25, -0.2) is 0 Å². The number of para-hydroxylation sites is 1. The molecule has 82 valence electrons. The average molecular weight is 214 g/mol. The molecule has 1 saturated carbocycles. The van der Waals surface area contributed by atoms with E-state index in [1.807, 2.05) is 30.3 Å². The normalized spacial score (nSPS) is 27.6. The van der Waals surface area contributed by atoms with Crippen LogP contribution in [-0.4, -0.2) is 5.91 Å². The van der Waals surface area contributed by atoms with Crippen LogP contribution < -0.4 is 5.32 Å². The van der Waals surface area contributed by atoms with E-state index >= 15 is 0 Å². The Hall–Kier alpha value is -1.82. The lowest BCUT2D eigenvalue weighted by molar-refractivity contribution is -0.128. The van der Waals surface area contributed by atoms with Crippen molar-refractivity contribution < 1.29 is 4.79 Å². The minimum Gasteiger partial charge on any atom is -0.325 e. The lowest BCUT2D eigenvalue weighted by Gasteiger charge is -2.39. The molecule has 2 rings (SSSR count). The summed E-state index contributed by atoms with van der Waals surface area (Å²) in [6.07, 6.45) is 1.34. The molecule has 3 nitrogen and oxygen atoms in total. The van der Waals surface area contributed by atoms with Crippen molar-refractivity contribution >= 4 is 11.6 Å². The van der Waals surface area contributed by atoms with Gasteiger partial charge in [-0.2, -0.15) is 5.26 Å². The standard InChI is InChI=1S/C13H14N2O/c1-10-7-13(8-10,9-14)12(16)15-11-5-3-2-4-6-11/h2-6,10H,7-8H2,1H3,(H,15,16). The van der Waals surface area contributed by atoms with E-state index in [2.05, 4.69) is 18.3 Å². The minimum absolute atomic E-state index is 0.167. The molecule has 1 aliphatic carbocycles. The quantitative estimate of drug-likeness (QED) is 0.822. The second-order valence-corrected chi connectivity index (χ2v) is 4.53. The Morgan fingerprint density at radius 1 is 1.44 bits per heavy atom. The maximum atomic E-state index is 12.0. The molecule has 0 bridgehead atoms. The molecular formula is C13H14N2O. The van der Waals surface area contributed by atoms with E-state index in [-0.39, 0.29) is 5.91 Å². The largest absolute Gasteiger partial charge is 0.325 e. The number of carbonyl (C=O) groups excluding carboxylic acids is 1. The molecule has 0 spiro atoms. The molecule has 1 N–H and O–H groups in total. The molecule has 0 radical (unpaired) electrons. The molecule has 1 aromatic rings. The molecule has 1 fully saturated rings. The van der Waals surface area contributed by atoms with Gasteiger partial charge in [0.25, 0.3) is 0 Å². The van der Waals surface area contributed by atoms with Gasteiger partial charge < -0.3 is 5.32 Å². The predicted molar refractivity (Wildman–Crippen MR) is 61.5 cm³/mol. The Kier molecular flexibility index (Phi) is 2.66. The van der Waals surface area contributed by atoms with Gasteiger partial charge in [0.15, 0.2) is 0 Å². The molecule has 0 aliphatic heterocycles. The Bertz CT molecular complexity index is 427. The van der Waals surface area contributed by atoms with Crippen molar-refractivity contribution in [3.05, 3.63) is 30.3 Å². The zero-order valence-electron chi connectivity index (χ0n) is 9.23. The van der Waals surface area contributed by atoms with E-state index < -0.39 is 5.41 Å². The fourth-order valence-electron chi connectivity index (χ4n) is 2.23. The first kappa shape index (κ1) is 10.7. The van der Waals surface area contributed by atoms with Crippen LogP contribution in [0.4, 0.5) is 5.69 Å². The summed E-state index contributed by atoms with van der Waals surface area (Å²) in [5.74, 6) is 0.306. The molecule has 1 aliphatic rings. The molecule has 0 atom stereocenters. The molecule has 1 amide bonds. The summed E-state index contributed by atoms with van der Waals surface area (Å²) in [5, 5.41) is 11.9. The highest BCUT2D eigenvalue weighted by Gasteiger charge is 2.48. The van der Waals surface area contributed by atoms with Crippen LogP contribution in [0.2, 0.25) is 0 Å². The van der Waals surface area contributed by atoms with Crippen LogP contribution in [0.5, 0.6) is 0 Å². The second-order valence-electron chi connectivity index (χ2n) is 4.53. The summed E-state index contributed by atoms with van der Waals surface area (Å²) in [4.78, 5) is 12.0. The summed E-state index contributed by atoms with van der Waals surface area (Å²) < 4.78 is 0. The van der Waals surface area contributed by atoms with Crippen molar-refractivity contribution in [2.45, 2.75) is 19.8 Å². The second kappa shape index (κ2) is 3.97. The highest BCUT2D eigenvalue weighted by molar-refractivity contribution is 5.97. The van der Waals surface area contributed by atoms with Crippen molar-refractivity contribution in [3.63, 3.8) is 0 Å². The van der Waals surface area contributed by atoms with Gasteiger partial charge in [0.1, 0.15) is 5.41 Å². The third-order valence-corrected chi connectivity index (χ3v) is 3.07. The number of hydrogen-bond donors (Lipinski definition) is 1. The third-order valence-electron chi connectivity index (χ3n) is 3.07. The number of anilines is 1. The van der Waals surface area contributed by atoms with Crippen LogP contribution in [-0.2, 0) is 4.79 Å². The fraction of sp³-hybridized carbons (Fsp3) is 0.385.